The van der Waals surface area contributed by atoms with Gasteiger partial charge in [-0.3, -0.25) is 9.69 Å². The van der Waals surface area contributed by atoms with Crippen LogP contribution in [0.25, 0.3) is 0 Å². The number of likely N-dealkylation sites (N-methyl/N-ethyl adjacent to an activating group) is 1. The largest absolute Gasteiger partial charge is 0.359 e. The smallest absolute Gasteiger partial charge is 0.276 e. The van der Waals surface area contributed by atoms with Crippen LogP contribution >= 0.6 is 0 Å². The van der Waals surface area contributed by atoms with E-state index >= 15 is 0 Å². The fourth-order valence-electron chi connectivity index (χ4n) is 3.68. The first kappa shape index (κ1) is 19.4. The summed E-state index contributed by atoms with van der Waals surface area (Å²) in [5.41, 5.74) is 2.73. The van der Waals surface area contributed by atoms with Gasteiger partial charge in [-0.1, -0.05) is 47.6 Å². The third-order valence-electron chi connectivity index (χ3n) is 5.09. The van der Waals surface area contributed by atoms with Gasteiger partial charge in [-0.2, -0.15) is 0 Å². The highest BCUT2D eigenvalue weighted by atomic mass is 16.5. The minimum absolute atomic E-state index is 0.130. The molecule has 27 heavy (non-hydrogen) atoms. The summed E-state index contributed by atoms with van der Waals surface area (Å²) in [6.07, 6.45) is 3.54. The molecule has 3 rings (SSSR count). The predicted molar refractivity (Wildman–Crippen MR) is 106 cm³/mol. The number of piperidine rings is 1. The average molecular weight is 367 g/mol. The zero-order valence-electron chi connectivity index (χ0n) is 16.4. The van der Waals surface area contributed by atoms with Crippen LogP contribution in [0.3, 0.4) is 0 Å². The summed E-state index contributed by atoms with van der Waals surface area (Å²) in [6.45, 7) is 9.08. The summed E-state index contributed by atoms with van der Waals surface area (Å²) in [6, 6.07) is 12.5. The van der Waals surface area contributed by atoms with Crippen LogP contribution in [0.4, 0.5) is 0 Å². The lowest BCUT2D eigenvalue weighted by atomic mass is 9.90. The van der Waals surface area contributed by atoms with E-state index in [1.807, 2.05) is 6.92 Å². The zero-order chi connectivity index (χ0) is 19.2. The van der Waals surface area contributed by atoms with E-state index in [1.165, 1.54) is 18.4 Å². The molecule has 1 aliphatic rings. The zero-order valence-corrected chi connectivity index (χ0v) is 16.4. The van der Waals surface area contributed by atoms with Crippen LogP contribution < -0.4 is 0 Å². The fourth-order valence-corrected chi connectivity index (χ4v) is 3.68. The molecule has 2 heterocycles. The van der Waals surface area contributed by atoms with Gasteiger partial charge in [0.05, 0.1) is 6.54 Å². The van der Waals surface area contributed by atoms with E-state index in [0.717, 1.165) is 36.8 Å². The Morgan fingerprint density at radius 1 is 1.30 bits per heavy atom. The van der Waals surface area contributed by atoms with Gasteiger partial charge in [-0.05, 0) is 50.8 Å². The summed E-state index contributed by atoms with van der Waals surface area (Å²) in [5.74, 6) is 1.37. The second-order valence-corrected chi connectivity index (χ2v) is 7.71. The van der Waals surface area contributed by atoms with Gasteiger partial charge in [0.15, 0.2) is 11.5 Å². The molecule has 5 heteroatoms. The lowest BCUT2D eigenvalue weighted by Gasteiger charge is -2.31. The Balaban J connectivity index is 1.47. The lowest BCUT2D eigenvalue weighted by Crippen LogP contribution is -2.33. The molecule has 144 valence electrons. The maximum Gasteiger partial charge on any atom is 0.276 e. The quantitative estimate of drug-likeness (QED) is 0.699. The van der Waals surface area contributed by atoms with Gasteiger partial charge in [-0.25, -0.2) is 0 Å². The molecule has 5 nitrogen and oxygen atoms in total. The van der Waals surface area contributed by atoms with Crippen LogP contribution in [0.2, 0.25) is 0 Å². The summed E-state index contributed by atoms with van der Waals surface area (Å²) in [7, 11) is 1.75. The van der Waals surface area contributed by atoms with E-state index in [-0.39, 0.29) is 5.91 Å². The molecule has 0 unspecified atom stereocenters. The molecule has 0 atom stereocenters. The van der Waals surface area contributed by atoms with Crippen molar-refractivity contribution in [2.45, 2.75) is 32.7 Å². The van der Waals surface area contributed by atoms with Gasteiger partial charge < -0.3 is 9.42 Å². The first-order valence-electron chi connectivity index (χ1n) is 9.63. The van der Waals surface area contributed by atoms with Crippen LogP contribution in [-0.4, -0.2) is 47.5 Å². The molecule has 1 amide bonds. The van der Waals surface area contributed by atoms with Crippen LogP contribution in [0.5, 0.6) is 0 Å². The van der Waals surface area contributed by atoms with Crippen molar-refractivity contribution in [1.82, 2.24) is 15.0 Å². The molecule has 1 aliphatic heterocycles. The van der Waals surface area contributed by atoms with Gasteiger partial charge in [0.2, 0.25) is 0 Å². The maximum absolute atomic E-state index is 12.4. The minimum atomic E-state index is -0.130. The van der Waals surface area contributed by atoms with Crippen molar-refractivity contribution in [3.63, 3.8) is 0 Å². The molecular formula is C22H29N3O2. The van der Waals surface area contributed by atoms with E-state index in [9.17, 15) is 4.79 Å². The second-order valence-electron chi connectivity index (χ2n) is 7.71. The Morgan fingerprint density at radius 3 is 2.67 bits per heavy atom. The summed E-state index contributed by atoms with van der Waals surface area (Å²) < 4.78 is 5.40. The first-order valence-corrected chi connectivity index (χ1v) is 9.63. The predicted octanol–water partition coefficient (Wildman–Crippen LogP) is 3.78. The highest BCUT2D eigenvalue weighted by Gasteiger charge is 2.22. The monoisotopic (exact) mass is 367 g/mol. The van der Waals surface area contributed by atoms with E-state index < -0.39 is 0 Å². The maximum atomic E-state index is 12.4. The Hall–Kier alpha value is -2.40. The van der Waals surface area contributed by atoms with Crippen LogP contribution in [0.15, 0.2) is 53.1 Å². The van der Waals surface area contributed by atoms with Gasteiger partial charge >= 0.3 is 0 Å². The molecule has 0 radical (unpaired) electrons. The molecule has 0 bridgehead atoms. The third kappa shape index (κ3) is 5.54. The molecule has 1 fully saturated rings. The van der Waals surface area contributed by atoms with E-state index in [2.05, 4.69) is 47.0 Å². The van der Waals surface area contributed by atoms with Gasteiger partial charge in [0.1, 0.15) is 0 Å². The third-order valence-corrected chi connectivity index (χ3v) is 5.09. The number of rotatable bonds is 7. The van der Waals surface area contributed by atoms with Gasteiger partial charge in [0.25, 0.3) is 5.91 Å². The van der Waals surface area contributed by atoms with Crippen molar-refractivity contribution in [1.29, 1.82) is 0 Å². The van der Waals surface area contributed by atoms with Crippen molar-refractivity contribution in [2.75, 3.05) is 26.7 Å². The fraction of sp³-hybridized carbons (Fsp3) is 0.455. The number of likely N-dealkylation sites (tertiary alicyclic amines) is 1. The molecule has 1 saturated heterocycles. The lowest BCUT2D eigenvalue weighted by molar-refractivity contribution is 0.0796. The van der Waals surface area contributed by atoms with Crippen molar-refractivity contribution in [3.8, 4) is 0 Å². The molecule has 1 aromatic carbocycles. The molecule has 0 N–H and O–H groups in total. The molecular weight excluding hydrogens is 338 g/mol. The number of amides is 1. The Morgan fingerprint density at radius 2 is 2.00 bits per heavy atom. The number of hydrogen-bond acceptors (Lipinski definition) is 4. The normalized spacial score (nSPS) is 15.6. The summed E-state index contributed by atoms with van der Waals surface area (Å²) >= 11 is 0. The topological polar surface area (TPSA) is 49.6 Å². The summed E-state index contributed by atoms with van der Waals surface area (Å²) in [5, 5.41) is 3.96. The SMILES string of the molecule is C=C(C)CN(C)C(=O)c1cc(CN2CCC(Cc3ccccc3)CC2)on1. The van der Waals surface area contributed by atoms with Crippen LogP contribution in [0, 0.1) is 5.92 Å². The highest BCUT2D eigenvalue weighted by molar-refractivity contribution is 5.92. The average Bonchev–Trinajstić information content (AvgIpc) is 3.11. The number of carbonyl (C=O) groups excluding carboxylic acids is 1. The number of aromatic nitrogens is 1. The minimum Gasteiger partial charge on any atom is -0.359 e. The highest BCUT2D eigenvalue weighted by Crippen LogP contribution is 2.23. The van der Waals surface area contributed by atoms with Gasteiger partial charge in [-0.15, -0.1) is 0 Å². The van der Waals surface area contributed by atoms with Crippen LogP contribution in [0.1, 0.15) is 41.6 Å². The molecule has 0 saturated carbocycles. The number of nitrogens with zero attached hydrogens (tertiary/aromatic N) is 3. The molecule has 2 aromatic rings. The number of benzene rings is 1. The van der Waals surface area contributed by atoms with E-state index in [0.29, 0.717) is 18.8 Å². The van der Waals surface area contributed by atoms with E-state index in [1.54, 1.807) is 18.0 Å². The van der Waals surface area contributed by atoms with E-state index in [4.69, 9.17) is 4.52 Å². The Kier molecular flexibility index (Phi) is 6.45. The van der Waals surface area contributed by atoms with Crippen molar-refractivity contribution < 1.29 is 9.32 Å². The molecule has 1 aromatic heterocycles. The first-order chi connectivity index (χ1) is 13.0. The Bertz CT molecular complexity index is 761. The molecule has 0 aliphatic carbocycles. The number of hydrogen-bond donors (Lipinski definition) is 0. The van der Waals surface area contributed by atoms with Crippen LogP contribution in [-0.2, 0) is 13.0 Å². The second kappa shape index (κ2) is 9.00. The standard InChI is InChI=1S/C22H29N3O2/c1-17(2)15-24(3)22(26)21-14-20(27-23-21)16-25-11-9-19(10-12-25)13-18-7-5-4-6-8-18/h4-8,14,19H,1,9-13,15-16H2,2-3H3. The Labute approximate surface area is 161 Å². The van der Waals surface area contributed by atoms with Crippen molar-refractivity contribution in [3.05, 3.63) is 65.6 Å². The van der Waals surface area contributed by atoms with Gasteiger partial charge in [0, 0.05) is 19.7 Å². The van der Waals surface area contributed by atoms with Crippen molar-refractivity contribution >= 4 is 5.91 Å². The number of carbonyl (C=O) groups is 1. The summed E-state index contributed by atoms with van der Waals surface area (Å²) in [4.78, 5) is 16.3. The molecule has 0 spiro atoms. The van der Waals surface area contributed by atoms with Crippen molar-refractivity contribution in [2.24, 2.45) is 5.92 Å².